The van der Waals surface area contributed by atoms with E-state index in [-0.39, 0.29) is 5.91 Å². The first kappa shape index (κ1) is 23.3. The fourth-order valence-corrected chi connectivity index (χ4v) is 5.67. The number of hydrogen-bond acceptors (Lipinski definition) is 4. The van der Waals surface area contributed by atoms with Crippen molar-refractivity contribution in [2.24, 2.45) is 4.99 Å². The number of halogens is 1. The molecule has 1 aliphatic rings. The van der Waals surface area contributed by atoms with Crippen molar-refractivity contribution in [1.82, 2.24) is 0 Å². The van der Waals surface area contributed by atoms with Crippen LogP contribution in [0.1, 0.15) is 44.8 Å². The summed E-state index contributed by atoms with van der Waals surface area (Å²) in [5, 5.41) is 4.48. The molecule has 35 heavy (non-hydrogen) atoms. The summed E-state index contributed by atoms with van der Waals surface area (Å²) in [5.41, 5.74) is 4.47. The summed E-state index contributed by atoms with van der Waals surface area (Å²) >= 11 is 7.73. The Labute approximate surface area is 214 Å². The van der Waals surface area contributed by atoms with Crippen LogP contribution < -0.4 is 10.1 Å². The molecule has 4 nitrogen and oxygen atoms in total. The predicted octanol–water partition coefficient (Wildman–Crippen LogP) is 7.86. The van der Waals surface area contributed by atoms with E-state index >= 15 is 0 Å². The van der Waals surface area contributed by atoms with Gasteiger partial charge in [0.2, 0.25) is 0 Å². The number of carbonyl (C=O) groups excluding carboxylic acids is 1. The number of nitrogens with one attached hydrogen (secondary N) is 1. The molecule has 0 spiro atoms. The molecule has 6 heteroatoms. The standard InChI is InChI=1S/C29H25ClN2O2S/c30-22-11-8-9-20(17-22)19-34-25-15-6-4-10-21(25)18-31-29-27(24-14-5-7-16-26(24)35-29)28(33)32-23-12-2-1-3-13-23/h1-4,6,8-13,15,17-18H,5,7,14,16,19H2,(H,32,33). The monoisotopic (exact) mass is 500 g/mol. The second-order valence-corrected chi connectivity index (χ2v) is 9.95. The number of fused-ring (bicyclic) bond motifs is 1. The minimum absolute atomic E-state index is 0.103. The van der Waals surface area contributed by atoms with Gasteiger partial charge >= 0.3 is 0 Å². The van der Waals surface area contributed by atoms with E-state index in [0.29, 0.717) is 17.2 Å². The van der Waals surface area contributed by atoms with Crippen molar-refractivity contribution in [2.45, 2.75) is 32.3 Å². The number of rotatable bonds is 7. The molecule has 1 amide bonds. The topological polar surface area (TPSA) is 50.7 Å². The minimum Gasteiger partial charge on any atom is -0.488 e. The van der Waals surface area contributed by atoms with Crippen LogP contribution in [0.4, 0.5) is 10.7 Å². The Hall–Kier alpha value is -3.41. The van der Waals surface area contributed by atoms with Gasteiger partial charge in [0, 0.05) is 27.4 Å². The van der Waals surface area contributed by atoms with Crippen LogP contribution in [0.3, 0.4) is 0 Å². The molecule has 1 N–H and O–H groups in total. The van der Waals surface area contributed by atoms with Gasteiger partial charge in [-0.25, -0.2) is 4.99 Å². The van der Waals surface area contributed by atoms with Crippen LogP contribution in [0.15, 0.2) is 83.9 Å². The first-order valence-corrected chi connectivity index (χ1v) is 12.9. The van der Waals surface area contributed by atoms with E-state index in [1.807, 2.05) is 78.9 Å². The summed E-state index contributed by atoms with van der Waals surface area (Å²) in [7, 11) is 0. The molecule has 1 heterocycles. The molecule has 0 unspecified atom stereocenters. The van der Waals surface area contributed by atoms with Crippen LogP contribution in [0.5, 0.6) is 5.75 Å². The third-order valence-electron chi connectivity index (χ3n) is 5.93. The van der Waals surface area contributed by atoms with E-state index in [1.165, 1.54) is 4.88 Å². The van der Waals surface area contributed by atoms with Crippen molar-refractivity contribution in [2.75, 3.05) is 5.32 Å². The second-order valence-electron chi connectivity index (χ2n) is 8.43. The molecular weight excluding hydrogens is 476 g/mol. The van der Waals surface area contributed by atoms with Gasteiger partial charge in [-0.1, -0.05) is 54.1 Å². The lowest BCUT2D eigenvalue weighted by Gasteiger charge is -2.12. The van der Waals surface area contributed by atoms with Crippen LogP contribution in [-0.2, 0) is 19.4 Å². The highest BCUT2D eigenvalue weighted by Crippen LogP contribution is 2.40. The van der Waals surface area contributed by atoms with Gasteiger partial charge in [-0.2, -0.15) is 0 Å². The summed E-state index contributed by atoms with van der Waals surface area (Å²) in [6.45, 7) is 0.406. The molecule has 176 valence electrons. The zero-order chi connectivity index (χ0) is 24.0. The molecule has 4 aromatic rings. The molecule has 0 fully saturated rings. The first-order chi connectivity index (χ1) is 17.2. The van der Waals surface area contributed by atoms with Gasteiger partial charge in [-0.3, -0.25) is 4.79 Å². The second kappa shape index (κ2) is 10.9. The maximum absolute atomic E-state index is 13.3. The molecule has 0 saturated heterocycles. The lowest BCUT2D eigenvalue weighted by atomic mass is 9.95. The molecule has 3 aromatic carbocycles. The molecule has 1 aromatic heterocycles. The average Bonchev–Trinajstić information content (AvgIpc) is 3.26. The number of para-hydroxylation sites is 2. The fraction of sp³-hybridized carbons (Fsp3) is 0.172. The van der Waals surface area contributed by atoms with Gasteiger partial charge in [-0.15, -0.1) is 11.3 Å². The number of aliphatic imine (C=N–C) groups is 1. The van der Waals surface area contributed by atoms with E-state index in [4.69, 9.17) is 21.3 Å². The molecule has 0 bridgehead atoms. The summed E-state index contributed by atoms with van der Waals surface area (Å²) in [6.07, 6.45) is 5.96. The van der Waals surface area contributed by atoms with Crippen LogP contribution in [0.2, 0.25) is 5.02 Å². The maximum Gasteiger partial charge on any atom is 0.259 e. The van der Waals surface area contributed by atoms with Crippen LogP contribution in [0.25, 0.3) is 0 Å². The first-order valence-electron chi connectivity index (χ1n) is 11.7. The number of benzene rings is 3. The number of thiophene rings is 1. The molecular formula is C29H25ClN2O2S. The number of amides is 1. The lowest BCUT2D eigenvalue weighted by molar-refractivity contribution is 0.102. The number of hydrogen-bond donors (Lipinski definition) is 1. The Balaban J connectivity index is 1.41. The van der Waals surface area contributed by atoms with Gasteiger partial charge in [0.25, 0.3) is 5.91 Å². The summed E-state index contributed by atoms with van der Waals surface area (Å²) in [4.78, 5) is 19.4. The van der Waals surface area contributed by atoms with Crippen molar-refractivity contribution in [3.63, 3.8) is 0 Å². The van der Waals surface area contributed by atoms with Gasteiger partial charge in [0.15, 0.2) is 0 Å². The summed E-state index contributed by atoms with van der Waals surface area (Å²) in [6, 6.07) is 25.0. The third-order valence-corrected chi connectivity index (χ3v) is 7.37. The largest absolute Gasteiger partial charge is 0.488 e. The van der Waals surface area contributed by atoms with Gasteiger partial charge in [0.05, 0.1) is 5.56 Å². The highest BCUT2D eigenvalue weighted by atomic mass is 35.5. The molecule has 1 aliphatic carbocycles. The Morgan fingerprint density at radius 2 is 1.80 bits per heavy atom. The average molecular weight is 501 g/mol. The highest BCUT2D eigenvalue weighted by Gasteiger charge is 2.25. The number of ether oxygens (including phenoxy) is 1. The molecule has 0 saturated carbocycles. The van der Waals surface area contributed by atoms with E-state index in [0.717, 1.165) is 58.8 Å². The van der Waals surface area contributed by atoms with Gasteiger partial charge < -0.3 is 10.1 Å². The molecule has 5 rings (SSSR count). The smallest absolute Gasteiger partial charge is 0.259 e. The lowest BCUT2D eigenvalue weighted by Crippen LogP contribution is -2.14. The maximum atomic E-state index is 13.3. The van der Waals surface area contributed by atoms with Crippen molar-refractivity contribution in [3.8, 4) is 5.75 Å². The van der Waals surface area contributed by atoms with Crippen molar-refractivity contribution < 1.29 is 9.53 Å². The normalized spacial score (nSPS) is 12.9. The van der Waals surface area contributed by atoms with Crippen LogP contribution in [0, 0.1) is 0 Å². The van der Waals surface area contributed by atoms with Gasteiger partial charge in [0.1, 0.15) is 17.4 Å². The molecule has 0 radical (unpaired) electrons. The Morgan fingerprint density at radius 3 is 2.66 bits per heavy atom. The van der Waals surface area contributed by atoms with Crippen molar-refractivity contribution in [1.29, 1.82) is 0 Å². The van der Waals surface area contributed by atoms with Crippen molar-refractivity contribution >= 4 is 45.7 Å². The van der Waals surface area contributed by atoms with E-state index in [9.17, 15) is 4.79 Å². The number of carbonyl (C=O) groups is 1. The van der Waals surface area contributed by atoms with Gasteiger partial charge in [-0.05, 0) is 73.2 Å². The molecule has 0 aliphatic heterocycles. The zero-order valence-corrected chi connectivity index (χ0v) is 20.7. The van der Waals surface area contributed by atoms with Crippen LogP contribution in [-0.4, -0.2) is 12.1 Å². The Kier molecular flexibility index (Phi) is 7.26. The Morgan fingerprint density at radius 1 is 1.00 bits per heavy atom. The third kappa shape index (κ3) is 5.64. The quantitative estimate of drug-likeness (QED) is 0.262. The fourth-order valence-electron chi connectivity index (χ4n) is 4.23. The van der Waals surface area contributed by atoms with E-state index in [1.54, 1.807) is 17.6 Å². The minimum atomic E-state index is -0.103. The Bertz CT molecular complexity index is 1360. The van der Waals surface area contributed by atoms with Crippen molar-refractivity contribution in [3.05, 3.63) is 111 Å². The number of aryl methyl sites for hydroxylation is 1. The predicted molar refractivity (Wildman–Crippen MR) is 145 cm³/mol. The zero-order valence-electron chi connectivity index (χ0n) is 19.2. The number of nitrogens with zero attached hydrogens (tertiary/aromatic N) is 1. The summed E-state index contributed by atoms with van der Waals surface area (Å²) in [5.74, 6) is 0.626. The van der Waals surface area contributed by atoms with E-state index < -0.39 is 0 Å². The highest BCUT2D eigenvalue weighted by molar-refractivity contribution is 7.16. The number of anilines is 1. The van der Waals surface area contributed by atoms with Crippen LogP contribution >= 0.6 is 22.9 Å². The molecule has 0 atom stereocenters. The SMILES string of the molecule is O=C(Nc1ccccc1)c1c(N=Cc2ccccc2OCc2cccc(Cl)c2)sc2c1CCCC2. The summed E-state index contributed by atoms with van der Waals surface area (Å²) < 4.78 is 6.08. The van der Waals surface area contributed by atoms with E-state index in [2.05, 4.69) is 5.32 Å².